The third kappa shape index (κ3) is 0.645. The van der Waals surface area contributed by atoms with Gasteiger partial charge in [-0.15, -0.1) is 0 Å². The van der Waals surface area contributed by atoms with Gasteiger partial charge >= 0.3 is 0 Å². The SMILES string of the molecule is CN1NCC2CC2C1=O. The zero-order valence-corrected chi connectivity index (χ0v) is 5.42. The maximum atomic E-state index is 11.0. The van der Waals surface area contributed by atoms with E-state index in [2.05, 4.69) is 5.43 Å². The fourth-order valence-electron chi connectivity index (χ4n) is 1.36. The fourth-order valence-corrected chi connectivity index (χ4v) is 1.36. The number of fused-ring (bicyclic) bond motifs is 1. The average Bonchev–Trinajstić information content (AvgIpc) is 2.58. The molecule has 1 N–H and O–H groups in total. The van der Waals surface area contributed by atoms with Gasteiger partial charge in [-0.3, -0.25) is 9.80 Å². The second kappa shape index (κ2) is 1.48. The van der Waals surface area contributed by atoms with Gasteiger partial charge in [0.2, 0.25) is 5.91 Å². The standard InChI is InChI=1S/C6H10N2O/c1-8-6(9)5-2-4(5)3-7-8/h4-5,7H,2-3H2,1H3. The van der Waals surface area contributed by atoms with Crippen molar-refractivity contribution in [3.63, 3.8) is 0 Å². The molecule has 0 spiro atoms. The first kappa shape index (κ1) is 5.23. The molecule has 0 aromatic rings. The smallest absolute Gasteiger partial charge is 0.239 e. The minimum atomic E-state index is 0.270. The number of hydrogen-bond donors (Lipinski definition) is 1. The molecular formula is C6H10N2O. The highest BCUT2D eigenvalue weighted by Crippen LogP contribution is 2.40. The highest BCUT2D eigenvalue weighted by Gasteiger charge is 2.47. The number of hydrazine groups is 1. The van der Waals surface area contributed by atoms with Crippen molar-refractivity contribution in [1.82, 2.24) is 10.4 Å². The molecule has 1 saturated heterocycles. The van der Waals surface area contributed by atoms with Crippen LogP contribution in [0.25, 0.3) is 0 Å². The van der Waals surface area contributed by atoms with Crippen LogP contribution in [-0.2, 0) is 4.79 Å². The summed E-state index contributed by atoms with van der Waals surface area (Å²) < 4.78 is 0. The molecular weight excluding hydrogens is 116 g/mol. The van der Waals surface area contributed by atoms with Crippen molar-refractivity contribution in [2.75, 3.05) is 13.6 Å². The van der Waals surface area contributed by atoms with Gasteiger partial charge in [-0.05, 0) is 12.3 Å². The molecule has 9 heavy (non-hydrogen) atoms. The lowest BCUT2D eigenvalue weighted by atomic mass is 10.2. The molecule has 0 aromatic heterocycles. The number of carbonyl (C=O) groups excluding carboxylic acids is 1. The van der Waals surface area contributed by atoms with Crippen LogP contribution in [-0.4, -0.2) is 24.5 Å². The van der Waals surface area contributed by atoms with Crippen LogP contribution in [0.15, 0.2) is 0 Å². The van der Waals surface area contributed by atoms with E-state index in [0.717, 1.165) is 13.0 Å². The molecule has 2 atom stereocenters. The van der Waals surface area contributed by atoms with Crippen molar-refractivity contribution in [3.8, 4) is 0 Å². The maximum absolute atomic E-state index is 11.0. The molecule has 0 aromatic carbocycles. The first-order chi connectivity index (χ1) is 4.29. The van der Waals surface area contributed by atoms with Gasteiger partial charge in [0.1, 0.15) is 0 Å². The summed E-state index contributed by atoms with van der Waals surface area (Å²) in [6.07, 6.45) is 1.11. The van der Waals surface area contributed by atoms with E-state index in [1.54, 1.807) is 12.1 Å². The van der Waals surface area contributed by atoms with E-state index in [4.69, 9.17) is 0 Å². The largest absolute Gasteiger partial charge is 0.281 e. The number of hydrogen-bond acceptors (Lipinski definition) is 2. The van der Waals surface area contributed by atoms with E-state index < -0.39 is 0 Å². The van der Waals surface area contributed by atoms with Gasteiger partial charge < -0.3 is 0 Å². The van der Waals surface area contributed by atoms with E-state index in [1.165, 1.54) is 0 Å². The number of amides is 1. The van der Waals surface area contributed by atoms with Crippen LogP contribution in [0.5, 0.6) is 0 Å². The molecule has 2 aliphatic rings. The highest BCUT2D eigenvalue weighted by atomic mass is 16.2. The summed E-state index contributed by atoms with van der Waals surface area (Å²) in [5.74, 6) is 1.30. The maximum Gasteiger partial charge on any atom is 0.239 e. The quantitative estimate of drug-likeness (QED) is 0.479. The molecule has 2 rings (SSSR count). The van der Waals surface area contributed by atoms with Crippen LogP contribution >= 0.6 is 0 Å². The second-order valence-electron chi connectivity index (χ2n) is 2.86. The van der Waals surface area contributed by atoms with Crippen molar-refractivity contribution >= 4 is 5.91 Å². The molecule has 1 heterocycles. The zero-order valence-electron chi connectivity index (χ0n) is 5.42. The van der Waals surface area contributed by atoms with E-state index in [-0.39, 0.29) is 5.91 Å². The minimum absolute atomic E-state index is 0.270. The Hall–Kier alpha value is -0.570. The van der Waals surface area contributed by atoms with Crippen molar-refractivity contribution in [3.05, 3.63) is 0 Å². The Kier molecular flexibility index (Phi) is 0.858. The van der Waals surface area contributed by atoms with Crippen LogP contribution in [0.1, 0.15) is 6.42 Å². The summed E-state index contributed by atoms with van der Waals surface area (Å²) in [5.41, 5.74) is 3.01. The third-order valence-corrected chi connectivity index (χ3v) is 2.16. The van der Waals surface area contributed by atoms with Gasteiger partial charge in [0.05, 0.1) is 0 Å². The van der Waals surface area contributed by atoms with E-state index in [1.807, 2.05) is 0 Å². The number of nitrogens with one attached hydrogen (secondary N) is 1. The first-order valence-corrected chi connectivity index (χ1v) is 3.30. The third-order valence-electron chi connectivity index (χ3n) is 2.16. The molecule has 0 radical (unpaired) electrons. The fraction of sp³-hybridized carbons (Fsp3) is 0.833. The van der Waals surface area contributed by atoms with Crippen molar-refractivity contribution in [1.29, 1.82) is 0 Å². The molecule has 1 saturated carbocycles. The van der Waals surface area contributed by atoms with Crippen molar-refractivity contribution in [2.45, 2.75) is 6.42 Å². The van der Waals surface area contributed by atoms with Gasteiger partial charge in [-0.25, -0.2) is 5.43 Å². The normalized spacial score (nSPS) is 40.6. The van der Waals surface area contributed by atoms with Crippen LogP contribution in [0.4, 0.5) is 0 Å². The first-order valence-electron chi connectivity index (χ1n) is 3.30. The number of rotatable bonds is 0. The Morgan fingerprint density at radius 3 is 3.22 bits per heavy atom. The Morgan fingerprint density at radius 2 is 2.56 bits per heavy atom. The van der Waals surface area contributed by atoms with Gasteiger partial charge in [0.25, 0.3) is 0 Å². The predicted molar refractivity (Wildman–Crippen MR) is 32.4 cm³/mol. The Bertz CT molecular complexity index is 153. The Labute approximate surface area is 54.0 Å². The summed E-state index contributed by atoms with van der Waals surface area (Å²) in [6.45, 7) is 0.993. The Morgan fingerprint density at radius 1 is 1.78 bits per heavy atom. The highest BCUT2D eigenvalue weighted by molar-refractivity contribution is 5.81. The lowest BCUT2D eigenvalue weighted by molar-refractivity contribution is -0.136. The Balaban J connectivity index is 2.10. The molecule has 1 aliphatic carbocycles. The lowest BCUT2D eigenvalue weighted by Crippen LogP contribution is -2.45. The minimum Gasteiger partial charge on any atom is -0.281 e. The summed E-state index contributed by atoms with van der Waals surface area (Å²) in [7, 11) is 1.79. The molecule has 3 nitrogen and oxygen atoms in total. The van der Waals surface area contributed by atoms with Crippen LogP contribution in [0, 0.1) is 11.8 Å². The lowest BCUT2D eigenvalue weighted by Gasteiger charge is -2.22. The summed E-state index contributed by atoms with van der Waals surface area (Å²) >= 11 is 0. The number of carbonyl (C=O) groups is 1. The van der Waals surface area contributed by atoms with E-state index in [0.29, 0.717) is 11.8 Å². The monoisotopic (exact) mass is 126 g/mol. The van der Waals surface area contributed by atoms with Crippen molar-refractivity contribution in [2.24, 2.45) is 11.8 Å². The average molecular weight is 126 g/mol. The van der Waals surface area contributed by atoms with E-state index >= 15 is 0 Å². The molecule has 1 amide bonds. The van der Waals surface area contributed by atoms with Crippen LogP contribution in [0.3, 0.4) is 0 Å². The molecule has 50 valence electrons. The molecule has 3 heteroatoms. The van der Waals surface area contributed by atoms with Gasteiger partial charge in [-0.1, -0.05) is 0 Å². The molecule has 0 bridgehead atoms. The predicted octanol–water partition coefficient (Wildman–Crippen LogP) is -0.401. The van der Waals surface area contributed by atoms with Crippen LogP contribution < -0.4 is 5.43 Å². The summed E-state index contributed by atoms with van der Waals surface area (Å²) in [6, 6.07) is 0. The van der Waals surface area contributed by atoms with Gasteiger partial charge in [-0.2, -0.15) is 0 Å². The molecule has 2 unspecified atom stereocenters. The summed E-state index contributed by atoms with van der Waals surface area (Å²) in [5, 5.41) is 1.61. The number of nitrogens with zero attached hydrogens (tertiary/aromatic N) is 1. The molecule has 1 aliphatic heterocycles. The van der Waals surface area contributed by atoms with Gasteiger partial charge in [0.15, 0.2) is 0 Å². The topological polar surface area (TPSA) is 32.3 Å². The van der Waals surface area contributed by atoms with Gasteiger partial charge in [0, 0.05) is 19.5 Å². The van der Waals surface area contributed by atoms with E-state index in [9.17, 15) is 4.79 Å². The second-order valence-corrected chi connectivity index (χ2v) is 2.86. The zero-order chi connectivity index (χ0) is 6.43. The van der Waals surface area contributed by atoms with Crippen molar-refractivity contribution < 1.29 is 4.79 Å². The van der Waals surface area contributed by atoms with Crippen LogP contribution in [0.2, 0.25) is 0 Å². The molecule has 2 fully saturated rings. The summed E-state index contributed by atoms with van der Waals surface area (Å²) in [4.78, 5) is 11.0.